The van der Waals surface area contributed by atoms with Crippen molar-refractivity contribution in [2.75, 3.05) is 6.61 Å². The molecule has 23 heavy (non-hydrogen) atoms. The fraction of sp³-hybridized carbons (Fsp3) is 0.353. The lowest BCUT2D eigenvalue weighted by Gasteiger charge is -2.13. The number of benzene rings is 1. The number of carbonyl (C=O) groups excluding carboxylic acids is 1. The highest BCUT2D eigenvalue weighted by Crippen LogP contribution is 2.27. The molecule has 0 saturated carbocycles. The van der Waals surface area contributed by atoms with Crippen molar-refractivity contribution in [3.8, 4) is 5.69 Å². The molecule has 0 fully saturated rings. The lowest BCUT2D eigenvalue weighted by Crippen LogP contribution is -2.25. The first-order chi connectivity index (χ1) is 11.1. The smallest absolute Gasteiger partial charge is 0.359 e. The molecule has 0 unspecified atom stereocenters. The van der Waals surface area contributed by atoms with Gasteiger partial charge in [0, 0.05) is 16.2 Å². The highest BCUT2D eigenvalue weighted by atomic mass is 32.2. The molecule has 1 aromatic heterocycles. The molecule has 2 aromatic rings. The Morgan fingerprint density at radius 1 is 1.30 bits per heavy atom. The average molecular weight is 332 g/mol. The van der Waals surface area contributed by atoms with E-state index >= 15 is 0 Å². The Labute approximate surface area is 139 Å². The van der Waals surface area contributed by atoms with E-state index in [4.69, 9.17) is 4.74 Å². The molecule has 2 rings (SSSR count). The van der Waals surface area contributed by atoms with Crippen molar-refractivity contribution in [3.63, 3.8) is 0 Å². The van der Waals surface area contributed by atoms with Crippen molar-refractivity contribution < 1.29 is 9.53 Å². The van der Waals surface area contributed by atoms with Gasteiger partial charge in [-0.15, -0.1) is 11.8 Å². The molecular formula is C17H20N2O3S. The molecule has 0 spiro atoms. The number of para-hydroxylation sites is 1. The van der Waals surface area contributed by atoms with Gasteiger partial charge in [0.2, 0.25) is 0 Å². The van der Waals surface area contributed by atoms with Gasteiger partial charge in [0.25, 0.3) is 5.56 Å². The first kappa shape index (κ1) is 17.3. The van der Waals surface area contributed by atoms with E-state index in [1.165, 1.54) is 22.5 Å². The van der Waals surface area contributed by atoms with Crippen molar-refractivity contribution in [3.05, 3.63) is 52.4 Å². The number of thioether (sulfide) groups is 1. The molecule has 0 aliphatic carbocycles. The summed E-state index contributed by atoms with van der Waals surface area (Å²) >= 11 is 1.47. The Bertz CT molecular complexity index is 728. The summed E-state index contributed by atoms with van der Waals surface area (Å²) in [4.78, 5) is 25.2. The normalized spacial score (nSPS) is 12.0. The Morgan fingerprint density at radius 3 is 2.61 bits per heavy atom. The van der Waals surface area contributed by atoms with E-state index in [0.29, 0.717) is 10.6 Å². The third-order valence-corrected chi connectivity index (χ3v) is 4.57. The minimum atomic E-state index is -0.511. The number of ether oxygens (including phenoxy) is 1. The SMILES string of the molecule is CCOC(=O)c1nn(-c2ccccc2)c(=O)cc1S[C@H](C)CC. The van der Waals surface area contributed by atoms with Crippen molar-refractivity contribution >= 4 is 17.7 Å². The third-order valence-electron chi connectivity index (χ3n) is 3.27. The first-order valence-corrected chi connectivity index (χ1v) is 8.48. The van der Waals surface area contributed by atoms with Crippen LogP contribution in [0.3, 0.4) is 0 Å². The number of carbonyl (C=O) groups is 1. The van der Waals surface area contributed by atoms with Crippen LogP contribution >= 0.6 is 11.8 Å². The fourth-order valence-corrected chi connectivity index (χ4v) is 2.93. The molecule has 5 nitrogen and oxygen atoms in total. The van der Waals surface area contributed by atoms with Crippen LogP contribution in [-0.4, -0.2) is 27.6 Å². The lowest BCUT2D eigenvalue weighted by atomic mass is 10.3. The molecular weight excluding hydrogens is 312 g/mol. The molecule has 0 saturated heterocycles. The van der Waals surface area contributed by atoms with Gasteiger partial charge in [-0.05, 0) is 25.5 Å². The summed E-state index contributed by atoms with van der Waals surface area (Å²) in [7, 11) is 0. The summed E-state index contributed by atoms with van der Waals surface area (Å²) in [5.74, 6) is -0.511. The number of nitrogens with zero attached hydrogens (tertiary/aromatic N) is 2. The van der Waals surface area contributed by atoms with Crippen LogP contribution in [0, 0.1) is 0 Å². The predicted molar refractivity (Wildman–Crippen MR) is 91.4 cm³/mol. The average Bonchev–Trinajstić information content (AvgIpc) is 2.55. The predicted octanol–water partition coefficient (Wildman–Crippen LogP) is 3.30. The van der Waals surface area contributed by atoms with E-state index in [0.717, 1.165) is 6.42 Å². The van der Waals surface area contributed by atoms with E-state index < -0.39 is 5.97 Å². The van der Waals surface area contributed by atoms with Crippen LogP contribution in [0.15, 0.2) is 46.1 Å². The van der Waals surface area contributed by atoms with Crippen LogP contribution in [0.4, 0.5) is 0 Å². The van der Waals surface area contributed by atoms with Crippen molar-refractivity contribution in [2.24, 2.45) is 0 Å². The minimum Gasteiger partial charge on any atom is -0.461 e. The second kappa shape index (κ2) is 7.97. The topological polar surface area (TPSA) is 61.2 Å². The van der Waals surface area contributed by atoms with E-state index in [9.17, 15) is 9.59 Å². The summed E-state index contributed by atoms with van der Waals surface area (Å²) in [5.41, 5.74) is 0.527. The molecule has 0 radical (unpaired) electrons. The number of rotatable bonds is 6. The van der Waals surface area contributed by atoms with Gasteiger partial charge in [-0.1, -0.05) is 32.0 Å². The van der Waals surface area contributed by atoms with Crippen molar-refractivity contribution in [2.45, 2.75) is 37.3 Å². The Hall–Kier alpha value is -2.08. The zero-order valence-electron chi connectivity index (χ0n) is 13.5. The standard InChI is InChI=1S/C17H20N2O3S/c1-4-12(3)23-14-11-15(20)19(13-9-7-6-8-10-13)18-16(14)17(21)22-5-2/h6-12H,4-5H2,1-3H3/t12-/m1/s1. The lowest BCUT2D eigenvalue weighted by molar-refractivity contribution is 0.0512. The zero-order valence-corrected chi connectivity index (χ0v) is 14.3. The van der Waals surface area contributed by atoms with E-state index in [-0.39, 0.29) is 23.1 Å². The third kappa shape index (κ3) is 4.22. The minimum absolute atomic E-state index is 0.181. The van der Waals surface area contributed by atoms with Crippen LogP contribution in [0.25, 0.3) is 5.69 Å². The Kier molecular flexibility index (Phi) is 5.98. The van der Waals surface area contributed by atoms with Gasteiger partial charge in [0.1, 0.15) is 0 Å². The number of aromatic nitrogens is 2. The first-order valence-electron chi connectivity index (χ1n) is 7.60. The number of hydrogen-bond acceptors (Lipinski definition) is 5. The Morgan fingerprint density at radius 2 is 2.00 bits per heavy atom. The fourth-order valence-electron chi connectivity index (χ4n) is 1.93. The summed E-state index contributed by atoms with van der Waals surface area (Å²) < 4.78 is 6.31. The van der Waals surface area contributed by atoms with Crippen molar-refractivity contribution in [1.29, 1.82) is 0 Å². The highest BCUT2D eigenvalue weighted by molar-refractivity contribution is 8.00. The van der Waals surface area contributed by atoms with E-state index in [1.54, 1.807) is 19.1 Å². The molecule has 6 heteroatoms. The molecule has 0 N–H and O–H groups in total. The van der Waals surface area contributed by atoms with Crippen LogP contribution in [-0.2, 0) is 4.74 Å². The summed E-state index contributed by atoms with van der Waals surface area (Å²) in [5, 5.41) is 4.53. The molecule has 0 bridgehead atoms. The summed E-state index contributed by atoms with van der Waals surface area (Å²) in [6, 6.07) is 10.5. The largest absolute Gasteiger partial charge is 0.461 e. The van der Waals surface area contributed by atoms with E-state index in [1.807, 2.05) is 25.1 Å². The van der Waals surface area contributed by atoms with Gasteiger partial charge in [0.05, 0.1) is 12.3 Å². The summed E-state index contributed by atoms with van der Waals surface area (Å²) in [6.07, 6.45) is 0.925. The van der Waals surface area contributed by atoms with Crippen LogP contribution < -0.4 is 5.56 Å². The van der Waals surface area contributed by atoms with Gasteiger partial charge >= 0.3 is 5.97 Å². The maximum absolute atomic E-state index is 12.4. The van der Waals surface area contributed by atoms with Crippen LogP contribution in [0.2, 0.25) is 0 Å². The van der Waals surface area contributed by atoms with Gasteiger partial charge in [-0.25, -0.2) is 4.79 Å². The van der Waals surface area contributed by atoms with Gasteiger partial charge in [-0.2, -0.15) is 9.78 Å². The molecule has 0 aliphatic rings. The van der Waals surface area contributed by atoms with E-state index in [2.05, 4.69) is 12.0 Å². The molecule has 0 amide bonds. The molecule has 0 aliphatic heterocycles. The van der Waals surface area contributed by atoms with Gasteiger partial charge < -0.3 is 4.74 Å². The number of esters is 1. The van der Waals surface area contributed by atoms with Gasteiger partial charge in [0.15, 0.2) is 5.69 Å². The molecule has 1 aromatic carbocycles. The quantitative estimate of drug-likeness (QED) is 0.600. The second-order valence-corrected chi connectivity index (χ2v) is 6.48. The van der Waals surface area contributed by atoms with Crippen LogP contribution in [0.5, 0.6) is 0 Å². The maximum Gasteiger partial charge on any atom is 0.359 e. The monoisotopic (exact) mass is 332 g/mol. The molecule has 1 atom stereocenters. The van der Waals surface area contributed by atoms with Crippen LogP contribution in [0.1, 0.15) is 37.7 Å². The maximum atomic E-state index is 12.4. The van der Waals surface area contributed by atoms with Gasteiger partial charge in [-0.3, -0.25) is 4.79 Å². The van der Waals surface area contributed by atoms with Crippen molar-refractivity contribution in [1.82, 2.24) is 9.78 Å². The molecule has 122 valence electrons. The molecule has 1 heterocycles. The highest BCUT2D eigenvalue weighted by Gasteiger charge is 2.20. The Balaban J connectivity index is 2.54. The number of hydrogen-bond donors (Lipinski definition) is 0. The summed E-state index contributed by atoms with van der Waals surface area (Å²) in [6.45, 7) is 6.10. The second-order valence-electron chi connectivity index (χ2n) is 5.00. The zero-order chi connectivity index (χ0) is 16.8.